The summed E-state index contributed by atoms with van der Waals surface area (Å²) < 4.78 is 109. The zero-order valence-electron chi connectivity index (χ0n) is 22.0. The zero-order valence-corrected chi connectivity index (χ0v) is 22.0. The quantitative estimate of drug-likeness (QED) is 0.0710. The second kappa shape index (κ2) is 14.0. The lowest BCUT2D eigenvalue weighted by atomic mass is 10.1. The van der Waals surface area contributed by atoms with Gasteiger partial charge >= 0.3 is 18.3 Å². The molecule has 0 heterocycles. The Balaban J connectivity index is 1.50. The van der Waals surface area contributed by atoms with E-state index in [4.69, 9.17) is 20.9 Å². The molecule has 3 aromatic rings. The standard InChI is InChI=1S/C29H27F7N2O4/c30-26-22(11-12-24(27(26)31)40-16-2-14-28(32,33)34)29(35,36)42-21-9-4-18(5-10-21)6-13-25(39)41-15-1-3-19-7-8-20(37)17-23(19)38/h4-13,17H,1-3,14-16,37-38H2/b13-6+. The predicted molar refractivity (Wildman–Crippen MR) is 142 cm³/mol. The third-order valence-electron chi connectivity index (χ3n) is 5.77. The first-order chi connectivity index (χ1) is 19.7. The molecule has 0 spiro atoms. The van der Waals surface area contributed by atoms with Crippen molar-refractivity contribution in [3.8, 4) is 11.5 Å². The van der Waals surface area contributed by atoms with E-state index in [9.17, 15) is 35.5 Å². The molecule has 0 radical (unpaired) electrons. The average molecular weight is 601 g/mol. The summed E-state index contributed by atoms with van der Waals surface area (Å²) in [5, 5.41) is 0. The van der Waals surface area contributed by atoms with E-state index in [1.54, 1.807) is 18.2 Å². The number of halogens is 7. The van der Waals surface area contributed by atoms with Crippen LogP contribution in [0.4, 0.5) is 42.1 Å². The van der Waals surface area contributed by atoms with Gasteiger partial charge in [0.15, 0.2) is 11.6 Å². The summed E-state index contributed by atoms with van der Waals surface area (Å²) in [7, 11) is 0. The fourth-order valence-electron chi connectivity index (χ4n) is 3.66. The molecule has 226 valence electrons. The smallest absolute Gasteiger partial charge is 0.429 e. The summed E-state index contributed by atoms with van der Waals surface area (Å²) in [6.45, 7) is -0.460. The monoisotopic (exact) mass is 600 g/mol. The van der Waals surface area contributed by atoms with Crippen molar-refractivity contribution in [2.75, 3.05) is 24.7 Å². The van der Waals surface area contributed by atoms with Crippen LogP contribution in [0.2, 0.25) is 0 Å². The van der Waals surface area contributed by atoms with Gasteiger partial charge in [-0.1, -0.05) is 18.2 Å². The number of nitrogens with two attached hydrogens (primary N) is 2. The molecular formula is C29H27F7N2O4. The summed E-state index contributed by atoms with van der Waals surface area (Å²) >= 11 is 0. The molecule has 0 bridgehead atoms. The minimum absolute atomic E-state index is 0.136. The Morgan fingerprint density at radius 3 is 2.24 bits per heavy atom. The molecule has 0 saturated carbocycles. The Morgan fingerprint density at radius 1 is 0.857 bits per heavy atom. The van der Waals surface area contributed by atoms with Gasteiger partial charge in [-0.05, 0) is 72.9 Å². The number of benzene rings is 3. The second-order valence-electron chi connectivity index (χ2n) is 9.06. The van der Waals surface area contributed by atoms with Crippen molar-refractivity contribution in [1.29, 1.82) is 0 Å². The SMILES string of the molecule is Nc1ccc(CCCOC(=O)/C=C/c2ccc(OC(F)(F)c3ccc(OCCCC(F)(F)F)c(F)c3F)cc2)c(N)c1. The van der Waals surface area contributed by atoms with Crippen LogP contribution in [0, 0.1) is 11.6 Å². The molecule has 0 aliphatic rings. The number of rotatable bonds is 13. The third-order valence-corrected chi connectivity index (χ3v) is 5.77. The number of hydrogen-bond acceptors (Lipinski definition) is 6. The maximum Gasteiger partial charge on any atom is 0.429 e. The van der Waals surface area contributed by atoms with Crippen LogP contribution in [0.1, 0.15) is 36.0 Å². The van der Waals surface area contributed by atoms with Gasteiger partial charge in [0.05, 0.1) is 13.2 Å². The molecule has 0 aliphatic heterocycles. The van der Waals surface area contributed by atoms with E-state index in [0.717, 1.165) is 23.8 Å². The van der Waals surface area contributed by atoms with E-state index in [2.05, 4.69) is 4.74 Å². The zero-order chi connectivity index (χ0) is 30.9. The Bertz CT molecular complexity index is 1390. The summed E-state index contributed by atoms with van der Waals surface area (Å²) in [4.78, 5) is 12.0. The molecule has 3 rings (SSSR count). The van der Waals surface area contributed by atoms with Gasteiger partial charge in [0.25, 0.3) is 0 Å². The number of ether oxygens (including phenoxy) is 3. The van der Waals surface area contributed by atoms with E-state index in [-0.39, 0.29) is 6.61 Å². The summed E-state index contributed by atoms with van der Waals surface area (Å²) in [5.41, 5.74) is 12.5. The van der Waals surface area contributed by atoms with Crippen LogP contribution in [0.25, 0.3) is 6.08 Å². The molecule has 42 heavy (non-hydrogen) atoms. The first-order valence-corrected chi connectivity index (χ1v) is 12.6. The first-order valence-electron chi connectivity index (χ1n) is 12.6. The van der Waals surface area contributed by atoms with Crippen LogP contribution >= 0.6 is 0 Å². The molecular weight excluding hydrogens is 573 g/mol. The van der Waals surface area contributed by atoms with Gasteiger partial charge in [0.2, 0.25) is 5.82 Å². The first kappa shape index (κ1) is 32.1. The van der Waals surface area contributed by atoms with E-state index < -0.39 is 66.4 Å². The van der Waals surface area contributed by atoms with Crippen molar-refractivity contribution in [1.82, 2.24) is 0 Å². The molecule has 0 unspecified atom stereocenters. The second-order valence-corrected chi connectivity index (χ2v) is 9.06. The van der Waals surface area contributed by atoms with Crippen LogP contribution in [0.3, 0.4) is 0 Å². The minimum Gasteiger partial charge on any atom is -0.490 e. The van der Waals surface area contributed by atoms with Crippen LogP contribution in [-0.4, -0.2) is 25.4 Å². The normalized spacial score (nSPS) is 12.0. The van der Waals surface area contributed by atoms with Crippen molar-refractivity contribution in [3.05, 3.63) is 89.0 Å². The molecule has 6 nitrogen and oxygen atoms in total. The lowest BCUT2D eigenvalue weighted by Gasteiger charge is -2.20. The van der Waals surface area contributed by atoms with E-state index in [1.807, 2.05) is 0 Å². The number of nitrogen functional groups attached to an aromatic ring is 2. The number of carbonyl (C=O) groups is 1. The minimum atomic E-state index is -4.45. The van der Waals surface area contributed by atoms with Crippen molar-refractivity contribution >= 4 is 23.4 Å². The third kappa shape index (κ3) is 9.60. The molecule has 0 aromatic heterocycles. The van der Waals surface area contributed by atoms with Gasteiger partial charge in [-0.2, -0.15) is 26.3 Å². The van der Waals surface area contributed by atoms with E-state index in [1.165, 1.54) is 18.2 Å². The van der Waals surface area contributed by atoms with Crippen LogP contribution in [0.15, 0.2) is 60.7 Å². The van der Waals surface area contributed by atoms with Crippen LogP contribution in [0.5, 0.6) is 11.5 Å². The molecule has 0 amide bonds. The predicted octanol–water partition coefficient (Wildman–Crippen LogP) is 7.17. The largest absolute Gasteiger partial charge is 0.490 e. The Morgan fingerprint density at radius 2 is 1.57 bits per heavy atom. The Hall–Kier alpha value is -4.42. The highest BCUT2D eigenvalue weighted by Gasteiger charge is 2.39. The lowest BCUT2D eigenvalue weighted by Crippen LogP contribution is -2.24. The molecule has 13 heteroatoms. The molecule has 0 fully saturated rings. The topological polar surface area (TPSA) is 96.8 Å². The molecule has 3 aromatic carbocycles. The highest BCUT2D eigenvalue weighted by molar-refractivity contribution is 5.87. The summed E-state index contributed by atoms with van der Waals surface area (Å²) in [5.74, 6) is -5.59. The van der Waals surface area contributed by atoms with Gasteiger partial charge in [0.1, 0.15) is 11.3 Å². The fourth-order valence-corrected chi connectivity index (χ4v) is 3.66. The van der Waals surface area contributed by atoms with Crippen molar-refractivity contribution < 1.29 is 49.7 Å². The van der Waals surface area contributed by atoms with Crippen molar-refractivity contribution in [3.63, 3.8) is 0 Å². The number of alkyl halides is 5. The Kier molecular flexibility index (Phi) is 10.7. The van der Waals surface area contributed by atoms with E-state index in [0.29, 0.717) is 41.9 Å². The molecule has 0 atom stereocenters. The van der Waals surface area contributed by atoms with Gasteiger partial charge in [-0.3, -0.25) is 0 Å². The van der Waals surface area contributed by atoms with E-state index >= 15 is 0 Å². The highest BCUT2D eigenvalue weighted by atomic mass is 19.4. The van der Waals surface area contributed by atoms with Crippen molar-refractivity contribution in [2.24, 2.45) is 0 Å². The molecule has 4 N–H and O–H groups in total. The Labute approximate surface area is 236 Å². The summed E-state index contributed by atoms with van der Waals surface area (Å²) in [6, 6.07) is 11.3. The van der Waals surface area contributed by atoms with Gasteiger partial charge in [-0.15, -0.1) is 0 Å². The number of aryl methyl sites for hydroxylation is 1. The maximum atomic E-state index is 14.6. The van der Waals surface area contributed by atoms with Gasteiger partial charge in [-0.25, -0.2) is 9.18 Å². The van der Waals surface area contributed by atoms with Gasteiger partial charge < -0.3 is 25.7 Å². The van der Waals surface area contributed by atoms with Crippen LogP contribution in [-0.2, 0) is 22.1 Å². The highest BCUT2D eigenvalue weighted by Crippen LogP contribution is 2.36. The van der Waals surface area contributed by atoms with Crippen LogP contribution < -0.4 is 20.9 Å². The molecule has 0 saturated heterocycles. The number of esters is 1. The van der Waals surface area contributed by atoms with Crippen molar-refractivity contribution in [2.45, 2.75) is 38.0 Å². The summed E-state index contributed by atoms with van der Waals surface area (Å²) in [6.07, 6.45) is -6.87. The maximum absolute atomic E-state index is 14.6. The number of anilines is 2. The fraction of sp³-hybridized carbons (Fsp3) is 0.276. The molecule has 0 aliphatic carbocycles. The number of carbonyl (C=O) groups excluding carboxylic acids is 1. The number of hydrogen-bond donors (Lipinski definition) is 2. The lowest BCUT2D eigenvalue weighted by molar-refractivity contribution is -0.187. The average Bonchev–Trinajstić information content (AvgIpc) is 2.91. The van der Waals surface area contributed by atoms with Gasteiger partial charge in [0, 0.05) is 23.9 Å².